The molecule has 3 heterocycles. The number of fused-ring (bicyclic) bond motifs is 1. The van der Waals surface area contributed by atoms with Gasteiger partial charge in [0.05, 0.1) is 6.54 Å². The normalized spacial score (nSPS) is 25.0. The Hall–Kier alpha value is -0.940. The Labute approximate surface area is 109 Å². The number of nitrogens with one attached hydrogen (secondary N) is 1. The fourth-order valence-electron chi connectivity index (χ4n) is 3.04. The average molecular weight is 249 g/mol. The monoisotopic (exact) mass is 249 g/mol. The van der Waals surface area contributed by atoms with E-state index in [2.05, 4.69) is 25.0 Å². The van der Waals surface area contributed by atoms with Crippen molar-refractivity contribution in [3.63, 3.8) is 0 Å². The second kappa shape index (κ2) is 5.80. The van der Waals surface area contributed by atoms with Crippen LogP contribution in [0, 0.1) is 0 Å². The summed E-state index contributed by atoms with van der Waals surface area (Å²) < 4.78 is 2.17. The van der Waals surface area contributed by atoms with E-state index < -0.39 is 0 Å². The molecule has 0 spiro atoms. The number of piperidine rings is 1. The third kappa shape index (κ3) is 2.90. The molecule has 1 fully saturated rings. The molecule has 1 N–H and O–H groups in total. The molecule has 0 radical (unpaired) electrons. The van der Waals surface area contributed by atoms with Gasteiger partial charge in [-0.3, -0.25) is 4.90 Å². The van der Waals surface area contributed by atoms with Crippen LogP contribution in [-0.2, 0) is 13.1 Å². The summed E-state index contributed by atoms with van der Waals surface area (Å²) in [6.45, 7) is 5.58. The Morgan fingerprint density at radius 3 is 3.22 bits per heavy atom. The maximum Gasteiger partial charge on any atom is 0.147 e. The van der Waals surface area contributed by atoms with Gasteiger partial charge in [-0.1, -0.05) is 6.42 Å². The van der Waals surface area contributed by atoms with Gasteiger partial charge in [-0.2, -0.15) is 0 Å². The molecule has 3 rings (SSSR count). The van der Waals surface area contributed by atoms with Crippen molar-refractivity contribution < 1.29 is 0 Å². The second-order valence-corrected chi connectivity index (χ2v) is 5.51. The minimum atomic E-state index is 0.771. The zero-order chi connectivity index (χ0) is 12.2. The van der Waals surface area contributed by atoms with Crippen molar-refractivity contribution in [2.45, 2.75) is 51.2 Å². The Kier molecular flexibility index (Phi) is 3.90. The molecule has 18 heavy (non-hydrogen) atoms. The molecule has 100 valence electrons. The van der Waals surface area contributed by atoms with Crippen LogP contribution < -0.4 is 5.32 Å². The van der Waals surface area contributed by atoms with Gasteiger partial charge >= 0.3 is 0 Å². The first-order chi connectivity index (χ1) is 8.92. The van der Waals surface area contributed by atoms with E-state index in [1.165, 1.54) is 45.2 Å². The van der Waals surface area contributed by atoms with E-state index in [0.717, 1.165) is 31.5 Å². The van der Waals surface area contributed by atoms with Crippen molar-refractivity contribution in [3.05, 3.63) is 12.2 Å². The predicted molar refractivity (Wildman–Crippen MR) is 70.2 cm³/mol. The van der Waals surface area contributed by atoms with Crippen LogP contribution in [-0.4, -0.2) is 45.3 Å². The third-order valence-corrected chi connectivity index (χ3v) is 4.16. The van der Waals surface area contributed by atoms with E-state index in [0.29, 0.717) is 0 Å². The van der Waals surface area contributed by atoms with Crippen molar-refractivity contribution in [2.75, 3.05) is 19.6 Å². The molecule has 0 saturated carbocycles. The van der Waals surface area contributed by atoms with E-state index in [1.54, 1.807) is 0 Å². The van der Waals surface area contributed by atoms with Crippen LogP contribution in [0.25, 0.3) is 0 Å². The van der Waals surface area contributed by atoms with Crippen molar-refractivity contribution in [1.29, 1.82) is 0 Å². The molecule has 1 unspecified atom stereocenters. The molecule has 0 amide bonds. The summed E-state index contributed by atoms with van der Waals surface area (Å²) in [5.74, 6) is 1.12. The van der Waals surface area contributed by atoms with Crippen LogP contribution in [0.2, 0.25) is 0 Å². The Bertz CT molecular complexity index is 369. The molecule has 0 bridgehead atoms. The molecule has 2 aliphatic heterocycles. The van der Waals surface area contributed by atoms with Crippen molar-refractivity contribution in [3.8, 4) is 0 Å². The Balaban J connectivity index is 1.39. The summed E-state index contributed by atoms with van der Waals surface area (Å²) in [6, 6.07) is 0.771. The van der Waals surface area contributed by atoms with Crippen LogP contribution in [0.15, 0.2) is 6.33 Å². The molecule has 1 saturated heterocycles. The molecule has 5 nitrogen and oxygen atoms in total. The van der Waals surface area contributed by atoms with Gasteiger partial charge in [0, 0.05) is 19.1 Å². The van der Waals surface area contributed by atoms with Gasteiger partial charge in [0.15, 0.2) is 0 Å². The zero-order valence-electron chi connectivity index (χ0n) is 11.0. The molecule has 0 aliphatic carbocycles. The Morgan fingerprint density at radius 2 is 2.33 bits per heavy atom. The maximum atomic E-state index is 4.16. The largest absolute Gasteiger partial charge is 0.315 e. The van der Waals surface area contributed by atoms with Gasteiger partial charge in [-0.25, -0.2) is 0 Å². The number of aromatic nitrogens is 3. The fraction of sp³-hybridized carbons (Fsp3) is 0.846. The first kappa shape index (κ1) is 12.1. The average Bonchev–Trinajstić information content (AvgIpc) is 2.87. The van der Waals surface area contributed by atoms with Gasteiger partial charge < -0.3 is 9.88 Å². The van der Waals surface area contributed by atoms with Gasteiger partial charge in [0.2, 0.25) is 0 Å². The zero-order valence-corrected chi connectivity index (χ0v) is 11.0. The highest BCUT2D eigenvalue weighted by molar-refractivity contribution is 4.89. The number of nitrogens with zero attached hydrogens (tertiary/aromatic N) is 4. The SMILES string of the molecule is c1nnc2n1CCN(CCCC1CCCCN1)C2. The number of hydrogen-bond donors (Lipinski definition) is 1. The summed E-state index contributed by atoms with van der Waals surface area (Å²) >= 11 is 0. The molecule has 1 aromatic rings. The van der Waals surface area contributed by atoms with E-state index in [-0.39, 0.29) is 0 Å². The van der Waals surface area contributed by atoms with Crippen LogP contribution in [0.5, 0.6) is 0 Å². The first-order valence-corrected chi connectivity index (χ1v) is 7.24. The van der Waals surface area contributed by atoms with Gasteiger partial charge in [0.25, 0.3) is 0 Å². The number of rotatable bonds is 4. The highest BCUT2D eigenvalue weighted by Crippen LogP contribution is 2.14. The van der Waals surface area contributed by atoms with Gasteiger partial charge in [0.1, 0.15) is 12.2 Å². The first-order valence-electron chi connectivity index (χ1n) is 7.24. The second-order valence-electron chi connectivity index (χ2n) is 5.51. The summed E-state index contributed by atoms with van der Waals surface area (Å²) in [5.41, 5.74) is 0. The molecular weight excluding hydrogens is 226 g/mol. The minimum absolute atomic E-state index is 0.771. The molecule has 1 aromatic heterocycles. The molecule has 1 atom stereocenters. The molecule has 2 aliphatic rings. The minimum Gasteiger partial charge on any atom is -0.315 e. The molecule has 0 aromatic carbocycles. The molecule has 5 heteroatoms. The van der Waals surface area contributed by atoms with Crippen molar-refractivity contribution in [1.82, 2.24) is 25.0 Å². The highest BCUT2D eigenvalue weighted by Gasteiger charge is 2.18. The fourth-order valence-corrected chi connectivity index (χ4v) is 3.04. The number of hydrogen-bond acceptors (Lipinski definition) is 4. The standard InChI is InChI=1S/C13H23N5/c1-2-6-14-12(4-1)5-3-7-17-8-9-18-11-15-16-13(18)10-17/h11-12,14H,1-10H2. The third-order valence-electron chi connectivity index (χ3n) is 4.16. The van der Waals surface area contributed by atoms with Crippen molar-refractivity contribution in [2.24, 2.45) is 0 Å². The van der Waals surface area contributed by atoms with Gasteiger partial charge in [-0.05, 0) is 38.8 Å². The van der Waals surface area contributed by atoms with Crippen LogP contribution in [0.3, 0.4) is 0 Å². The predicted octanol–water partition coefficient (Wildman–Crippen LogP) is 1.02. The smallest absolute Gasteiger partial charge is 0.147 e. The van der Waals surface area contributed by atoms with E-state index in [1.807, 2.05) is 6.33 Å². The molecular formula is C13H23N5. The van der Waals surface area contributed by atoms with E-state index in [4.69, 9.17) is 0 Å². The van der Waals surface area contributed by atoms with Crippen LogP contribution >= 0.6 is 0 Å². The lowest BCUT2D eigenvalue weighted by atomic mass is 10.0. The van der Waals surface area contributed by atoms with E-state index in [9.17, 15) is 0 Å². The highest BCUT2D eigenvalue weighted by atomic mass is 15.3. The van der Waals surface area contributed by atoms with Crippen molar-refractivity contribution >= 4 is 0 Å². The lowest BCUT2D eigenvalue weighted by Crippen LogP contribution is -2.37. The van der Waals surface area contributed by atoms with Crippen LogP contribution in [0.4, 0.5) is 0 Å². The Morgan fingerprint density at radius 1 is 1.33 bits per heavy atom. The maximum absolute atomic E-state index is 4.16. The van der Waals surface area contributed by atoms with Crippen LogP contribution in [0.1, 0.15) is 37.9 Å². The summed E-state index contributed by atoms with van der Waals surface area (Å²) in [5, 5.41) is 11.8. The lowest BCUT2D eigenvalue weighted by Gasteiger charge is -2.28. The quantitative estimate of drug-likeness (QED) is 0.865. The summed E-state index contributed by atoms with van der Waals surface area (Å²) in [7, 11) is 0. The summed E-state index contributed by atoms with van der Waals surface area (Å²) in [4.78, 5) is 2.51. The van der Waals surface area contributed by atoms with E-state index >= 15 is 0 Å². The topological polar surface area (TPSA) is 46.0 Å². The van der Waals surface area contributed by atoms with Gasteiger partial charge in [-0.15, -0.1) is 10.2 Å². The summed E-state index contributed by atoms with van der Waals surface area (Å²) in [6.07, 6.45) is 8.60. The lowest BCUT2D eigenvalue weighted by molar-refractivity contribution is 0.208.